The maximum Gasteiger partial charge on any atom is 0.282 e. The molecular weight excluding hydrogens is 252 g/mol. The first-order valence-electron chi connectivity index (χ1n) is 6.64. The molecule has 0 aromatic carbocycles. The molecule has 106 valence electrons. The van der Waals surface area contributed by atoms with E-state index in [0.717, 1.165) is 39.0 Å². The van der Waals surface area contributed by atoms with Crippen LogP contribution in [-0.4, -0.2) is 81.3 Å². The SMILES string of the molecule is CN1CCC(N(C)S(=O)(=O)N2CCNCC2)CC1. The van der Waals surface area contributed by atoms with Crippen LogP contribution in [0.5, 0.6) is 0 Å². The Kier molecular flexibility index (Phi) is 4.60. The van der Waals surface area contributed by atoms with Crippen molar-refractivity contribution in [2.24, 2.45) is 0 Å². The summed E-state index contributed by atoms with van der Waals surface area (Å²) in [6.45, 7) is 4.62. The number of likely N-dealkylation sites (tertiary alicyclic amines) is 1. The van der Waals surface area contributed by atoms with Gasteiger partial charge in [-0.1, -0.05) is 0 Å². The van der Waals surface area contributed by atoms with Gasteiger partial charge in [0, 0.05) is 39.3 Å². The van der Waals surface area contributed by atoms with Gasteiger partial charge >= 0.3 is 0 Å². The minimum absolute atomic E-state index is 0.154. The summed E-state index contributed by atoms with van der Waals surface area (Å²) >= 11 is 0. The Morgan fingerprint density at radius 2 is 1.67 bits per heavy atom. The van der Waals surface area contributed by atoms with Crippen LogP contribution >= 0.6 is 0 Å². The van der Waals surface area contributed by atoms with Crippen molar-refractivity contribution >= 4 is 10.2 Å². The molecule has 0 bridgehead atoms. The summed E-state index contributed by atoms with van der Waals surface area (Å²) in [5, 5.41) is 3.18. The smallest absolute Gasteiger partial charge is 0.282 e. The molecule has 6 nitrogen and oxygen atoms in total. The molecular formula is C11H24N4O2S. The van der Waals surface area contributed by atoms with E-state index >= 15 is 0 Å². The van der Waals surface area contributed by atoms with Crippen LogP contribution in [0.3, 0.4) is 0 Å². The van der Waals surface area contributed by atoms with Gasteiger partial charge in [-0.3, -0.25) is 0 Å². The molecule has 0 saturated carbocycles. The van der Waals surface area contributed by atoms with Crippen molar-refractivity contribution in [2.75, 3.05) is 53.4 Å². The third-order valence-electron chi connectivity index (χ3n) is 3.97. The quantitative estimate of drug-likeness (QED) is 0.730. The Labute approximate surface area is 110 Å². The van der Waals surface area contributed by atoms with E-state index in [0.29, 0.717) is 13.1 Å². The molecule has 0 spiro atoms. The molecule has 1 N–H and O–H groups in total. The van der Waals surface area contributed by atoms with Crippen molar-refractivity contribution < 1.29 is 8.42 Å². The van der Waals surface area contributed by atoms with Crippen LogP contribution < -0.4 is 5.32 Å². The van der Waals surface area contributed by atoms with Gasteiger partial charge in [0.25, 0.3) is 10.2 Å². The largest absolute Gasteiger partial charge is 0.314 e. The zero-order chi connectivity index (χ0) is 13.2. The van der Waals surface area contributed by atoms with E-state index in [1.54, 1.807) is 15.7 Å². The Hall–Kier alpha value is -0.210. The maximum absolute atomic E-state index is 12.5. The zero-order valence-corrected chi connectivity index (χ0v) is 12.1. The van der Waals surface area contributed by atoms with Crippen molar-refractivity contribution in [3.8, 4) is 0 Å². The molecule has 7 heteroatoms. The van der Waals surface area contributed by atoms with Crippen molar-refractivity contribution in [3.63, 3.8) is 0 Å². The zero-order valence-electron chi connectivity index (χ0n) is 11.3. The van der Waals surface area contributed by atoms with E-state index in [1.807, 2.05) is 0 Å². The molecule has 2 saturated heterocycles. The van der Waals surface area contributed by atoms with Gasteiger partial charge in [-0.15, -0.1) is 0 Å². The first kappa shape index (κ1) is 14.2. The lowest BCUT2D eigenvalue weighted by Gasteiger charge is -2.37. The fraction of sp³-hybridized carbons (Fsp3) is 1.00. The number of nitrogens with one attached hydrogen (secondary N) is 1. The molecule has 0 radical (unpaired) electrons. The van der Waals surface area contributed by atoms with Gasteiger partial charge in [-0.25, -0.2) is 0 Å². The minimum atomic E-state index is -3.27. The standard InChI is InChI=1S/C11H24N4O2S/c1-13-7-3-11(4-8-13)14(2)18(16,17)15-9-5-12-6-10-15/h11-12H,3-10H2,1-2H3. The highest BCUT2D eigenvalue weighted by Crippen LogP contribution is 2.19. The summed E-state index contributed by atoms with van der Waals surface area (Å²) in [5.74, 6) is 0. The molecule has 0 amide bonds. The summed E-state index contributed by atoms with van der Waals surface area (Å²) in [5.41, 5.74) is 0. The molecule has 2 fully saturated rings. The third-order valence-corrected chi connectivity index (χ3v) is 6.01. The first-order valence-corrected chi connectivity index (χ1v) is 8.04. The molecule has 0 aromatic rings. The van der Waals surface area contributed by atoms with E-state index < -0.39 is 10.2 Å². The average molecular weight is 276 g/mol. The lowest BCUT2D eigenvalue weighted by atomic mass is 10.1. The highest BCUT2D eigenvalue weighted by Gasteiger charge is 2.33. The summed E-state index contributed by atoms with van der Waals surface area (Å²) < 4.78 is 28.1. The van der Waals surface area contributed by atoms with Gasteiger partial charge < -0.3 is 10.2 Å². The third kappa shape index (κ3) is 3.03. The number of rotatable bonds is 3. The second-order valence-corrected chi connectivity index (χ2v) is 7.20. The fourth-order valence-electron chi connectivity index (χ4n) is 2.60. The highest BCUT2D eigenvalue weighted by molar-refractivity contribution is 7.86. The highest BCUT2D eigenvalue weighted by atomic mass is 32.2. The number of hydrogen-bond acceptors (Lipinski definition) is 4. The molecule has 0 aliphatic carbocycles. The second kappa shape index (κ2) is 5.83. The van der Waals surface area contributed by atoms with Crippen molar-refractivity contribution in [2.45, 2.75) is 18.9 Å². The van der Waals surface area contributed by atoms with E-state index in [9.17, 15) is 8.42 Å². The average Bonchev–Trinajstić information content (AvgIpc) is 2.40. The monoisotopic (exact) mass is 276 g/mol. The molecule has 0 atom stereocenters. The fourth-order valence-corrected chi connectivity index (χ4v) is 4.20. The van der Waals surface area contributed by atoms with Crippen LogP contribution in [0.1, 0.15) is 12.8 Å². The van der Waals surface area contributed by atoms with E-state index in [4.69, 9.17) is 0 Å². The summed E-state index contributed by atoms with van der Waals surface area (Å²) in [6.07, 6.45) is 1.86. The molecule has 2 rings (SSSR count). The molecule has 0 aromatic heterocycles. The minimum Gasteiger partial charge on any atom is -0.314 e. The van der Waals surface area contributed by atoms with Gasteiger partial charge in [-0.05, 0) is 33.0 Å². The van der Waals surface area contributed by atoms with Crippen LogP contribution in [0.25, 0.3) is 0 Å². The number of hydrogen-bond donors (Lipinski definition) is 1. The predicted molar refractivity (Wildman–Crippen MR) is 71.6 cm³/mol. The van der Waals surface area contributed by atoms with Crippen LogP contribution in [-0.2, 0) is 10.2 Å². The summed E-state index contributed by atoms with van der Waals surface area (Å²) in [4.78, 5) is 2.25. The molecule has 2 heterocycles. The van der Waals surface area contributed by atoms with Crippen LogP contribution in [0.4, 0.5) is 0 Å². The second-order valence-electron chi connectivity index (χ2n) is 5.21. The lowest BCUT2D eigenvalue weighted by molar-refractivity contribution is 0.189. The van der Waals surface area contributed by atoms with Crippen LogP contribution in [0.2, 0.25) is 0 Å². The molecule has 2 aliphatic heterocycles. The Morgan fingerprint density at radius 1 is 1.11 bits per heavy atom. The maximum atomic E-state index is 12.5. The molecule has 0 unspecified atom stereocenters. The number of nitrogens with zero attached hydrogens (tertiary/aromatic N) is 3. The predicted octanol–water partition coefficient (Wildman–Crippen LogP) is -0.838. The Balaban J connectivity index is 2.00. The number of piperazine rings is 1. The van der Waals surface area contributed by atoms with Gasteiger partial charge in [0.1, 0.15) is 0 Å². The topological polar surface area (TPSA) is 55.9 Å². The summed E-state index contributed by atoms with van der Waals surface area (Å²) in [7, 11) is 0.543. The molecule has 2 aliphatic rings. The van der Waals surface area contributed by atoms with Crippen molar-refractivity contribution in [1.29, 1.82) is 0 Å². The normalized spacial score (nSPS) is 25.7. The summed E-state index contributed by atoms with van der Waals surface area (Å²) in [6, 6.07) is 0.154. The Bertz CT molecular complexity index is 359. The van der Waals surface area contributed by atoms with Gasteiger partial charge in [0.15, 0.2) is 0 Å². The molecule has 18 heavy (non-hydrogen) atoms. The van der Waals surface area contributed by atoms with Gasteiger partial charge in [0.05, 0.1) is 0 Å². The van der Waals surface area contributed by atoms with Crippen LogP contribution in [0.15, 0.2) is 0 Å². The van der Waals surface area contributed by atoms with E-state index in [-0.39, 0.29) is 6.04 Å². The van der Waals surface area contributed by atoms with Gasteiger partial charge in [0.2, 0.25) is 0 Å². The van der Waals surface area contributed by atoms with E-state index in [1.165, 1.54) is 0 Å². The van der Waals surface area contributed by atoms with Gasteiger partial charge in [-0.2, -0.15) is 17.0 Å². The lowest BCUT2D eigenvalue weighted by Crippen LogP contribution is -2.54. The number of piperidine rings is 1. The van der Waals surface area contributed by atoms with Crippen molar-refractivity contribution in [3.05, 3.63) is 0 Å². The Morgan fingerprint density at radius 3 is 2.22 bits per heavy atom. The first-order chi connectivity index (χ1) is 8.51. The van der Waals surface area contributed by atoms with E-state index in [2.05, 4.69) is 17.3 Å². The van der Waals surface area contributed by atoms with Crippen molar-refractivity contribution in [1.82, 2.24) is 18.8 Å². The van der Waals surface area contributed by atoms with Crippen LogP contribution in [0, 0.1) is 0 Å².